The molecule has 0 saturated carbocycles. The van der Waals surface area contributed by atoms with Crippen molar-refractivity contribution in [2.75, 3.05) is 0 Å². The monoisotopic (exact) mass is 538 g/mol. The number of hydrogen-bond acceptors (Lipinski definition) is 3. The van der Waals surface area contributed by atoms with E-state index < -0.39 is 25.9 Å². The minimum Gasteiger partial charge on any atom is -0.200 e. The van der Waals surface area contributed by atoms with Crippen molar-refractivity contribution in [3.63, 3.8) is 0 Å². The summed E-state index contributed by atoms with van der Waals surface area (Å²) >= 11 is 0. The highest BCUT2D eigenvalue weighted by molar-refractivity contribution is 8.33. The van der Waals surface area contributed by atoms with E-state index >= 15 is 0 Å². The number of alkyl halides is 3. The zero-order valence-electron chi connectivity index (χ0n) is 20.4. The summed E-state index contributed by atoms with van der Waals surface area (Å²) in [6.45, 7) is 2.19. The van der Waals surface area contributed by atoms with Crippen molar-refractivity contribution in [1.29, 1.82) is 0 Å². The lowest BCUT2D eigenvalue weighted by Gasteiger charge is -2.39. The lowest BCUT2D eigenvalue weighted by molar-refractivity contribution is -0.0496. The molecule has 0 spiro atoms. The fraction of sp³-hybridized carbons (Fsp3) is 0.357. The van der Waals surface area contributed by atoms with Gasteiger partial charge >= 0.3 is 15.6 Å². The van der Waals surface area contributed by atoms with Crippen molar-refractivity contribution in [3.05, 3.63) is 90.5 Å². The number of aryl methyl sites for hydroxylation is 1. The Balaban J connectivity index is 1.97. The van der Waals surface area contributed by atoms with Gasteiger partial charge in [-0.3, -0.25) is 0 Å². The molecule has 3 aromatic rings. The van der Waals surface area contributed by atoms with Crippen molar-refractivity contribution in [1.82, 2.24) is 0 Å². The Bertz CT molecular complexity index is 1120. The van der Waals surface area contributed by atoms with Gasteiger partial charge in [0.25, 0.3) is 0 Å². The first kappa shape index (κ1) is 28.3. The smallest absolute Gasteiger partial charge is 0.200 e. The third-order valence-corrected chi connectivity index (χ3v) is 10.9. The van der Waals surface area contributed by atoms with Crippen LogP contribution in [0.3, 0.4) is 0 Å². The molecular formula is C28H33F3O3S2. The zero-order valence-corrected chi connectivity index (χ0v) is 22.0. The van der Waals surface area contributed by atoms with Crippen molar-refractivity contribution in [3.8, 4) is 0 Å². The number of rotatable bonds is 13. The second-order valence-electron chi connectivity index (χ2n) is 8.67. The molecule has 0 unspecified atom stereocenters. The molecule has 3 aromatic carbocycles. The van der Waals surface area contributed by atoms with Crippen molar-refractivity contribution >= 4 is 20.4 Å². The largest absolute Gasteiger partial charge is 0.524 e. The highest BCUT2D eigenvalue weighted by Gasteiger charge is 2.52. The van der Waals surface area contributed by atoms with Crippen LogP contribution in [0.1, 0.15) is 57.4 Å². The van der Waals surface area contributed by atoms with Gasteiger partial charge in [-0.1, -0.05) is 94.0 Å². The molecule has 3 nitrogen and oxygen atoms in total. The highest BCUT2D eigenvalue weighted by atomic mass is 32.3. The molecule has 0 aliphatic carbocycles. The van der Waals surface area contributed by atoms with Crippen LogP contribution in [0.2, 0.25) is 0 Å². The Morgan fingerprint density at radius 1 is 0.639 bits per heavy atom. The van der Waals surface area contributed by atoms with Crippen LogP contribution >= 0.6 is 10.3 Å². The first-order chi connectivity index (χ1) is 17.2. The maximum Gasteiger partial charge on any atom is 0.524 e. The van der Waals surface area contributed by atoms with E-state index in [0.717, 1.165) is 24.8 Å². The van der Waals surface area contributed by atoms with E-state index in [2.05, 4.69) is 6.92 Å². The fourth-order valence-corrected chi connectivity index (χ4v) is 8.80. The normalized spacial score (nSPS) is 13.0. The van der Waals surface area contributed by atoms with Crippen LogP contribution in [0.15, 0.2) is 99.6 Å². The molecule has 36 heavy (non-hydrogen) atoms. The van der Waals surface area contributed by atoms with Gasteiger partial charge in [-0.05, 0) is 65.1 Å². The van der Waals surface area contributed by atoms with Gasteiger partial charge in [-0.15, -0.1) is 0 Å². The van der Waals surface area contributed by atoms with Gasteiger partial charge in [-0.25, -0.2) is 0 Å². The van der Waals surface area contributed by atoms with Gasteiger partial charge in [0.05, 0.1) is 0 Å². The molecule has 0 heterocycles. The molecular weight excluding hydrogens is 505 g/mol. The van der Waals surface area contributed by atoms with E-state index in [4.69, 9.17) is 3.63 Å². The van der Waals surface area contributed by atoms with Crippen LogP contribution in [0, 0.1) is 0 Å². The van der Waals surface area contributed by atoms with Crippen LogP contribution in [0.4, 0.5) is 13.2 Å². The van der Waals surface area contributed by atoms with E-state index in [9.17, 15) is 21.6 Å². The van der Waals surface area contributed by atoms with E-state index in [0.29, 0.717) is 14.7 Å². The fourth-order valence-electron chi connectivity index (χ4n) is 4.06. The highest BCUT2D eigenvalue weighted by Crippen LogP contribution is 2.70. The first-order valence-electron chi connectivity index (χ1n) is 12.3. The molecule has 3 rings (SSSR count). The van der Waals surface area contributed by atoms with E-state index in [1.165, 1.54) is 32.1 Å². The molecule has 8 heteroatoms. The first-order valence-corrected chi connectivity index (χ1v) is 15.2. The lowest BCUT2D eigenvalue weighted by Crippen LogP contribution is -2.27. The van der Waals surface area contributed by atoms with Crippen molar-refractivity contribution in [2.45, 2.75) is 78.5 Å². The molecule has 0 aliphatic rings. The Morgan fingerprint density at radius 2 is 1.08 bits per heavy atom. The maximum absolute atomic E-state index is 13.5. The SMILES string of the molecule is CCCCCCCCCc1ccc(S(OS(=O)(=O)C(F)(F)F)(c2ccccc2)c2ccccc2)cc1. The molecule has 0 amide bonds. The maximum atomic E-state index is 13.5. The lowest BCUT2D eigenvalue weighted by atomic mass is 10.0. The molecule has 0 N–H and O–H groups in total. The minimum atomic E-state index is -5.90. The quantitative estimate of drug-likeness (QED) is 0.161. The minimum absolute atomic E-state index is 0.365. The number of unbranched alkanes of at least 4 members (excludes halogenated alkanes) is 6. The van der Waals surface area contributed by atoms with E-state index in [1.807, 2.05) is 12.1 Å². The number of benzene rings is 3. The molecule has 0 aliphatic heterocycles. The predicted molar refractivity (Wildman–Crippen MR) is 139 cm³/mol. The van der Waals surface area contributed by atoms with E-state index in [-0.39, 0.29) is 0 Å². The van der Waals surface area contributed by atoms with Crippen molar-refractivity contribution in [2.24, 2.45) is 0 Å². The summed E-state index contributed by atoms with van der Waals surface area (Å²) in [4.78, 5) is 1.11. The molecule has 0 saturated heterocycles. The van der Waals surface area contributed by atoms with Crippen molar-refractivity contribution < 1.29 is 25.2 Å². The summed E-state index contributed by atoms with van der Waals surface area (Å²) in [5.74, 6) is 0. The Labute approximate surface area is 214 Å². The molecule has 0 fully saturated rings. The van der Waals surface area contributed by atoms with Gasteiger partial charge in [0.15, 0.2) is 0 Å². The Hall–Kier alpha value is -2.29. The summed E-state index contributed by atoms with van der Waals surface area (Å²) in [7, 11) is -9.14. The van der Waals surface area contributed by atoms with Crippen LogP contribution in [-0.4, -0.2) is 13.9 Å². The second kappa shape index (κ2) is 12.8. The average Bonchev–Trinajstić information content (AvgIpc) is 2.87. The van der Waals surface area contributed by atoms with Crippen LogP contribution in [-0.2, 0) is 20.2 Å². The topological polar surface area (TPSA) is 43.4 Å². The van der Waals surface area contributed by atoms with Crippen LogP contribution in [0.5, 0.6) is 0 Å². The van der Waals surface area contributed by atoms with E-state index in [1.54, 1.807) is 72.8 Å². The molecule has 0 aromatic heterocycles. The summed E-state index contributed by atoms with van der Waals surface area (Å²) < 4.78 is 70.7. The molecule has 0 radical (unpaired) electrons. The van der Waals surface area contributed by atoms with Gasteiger partial charge in [-0.2, -0.15) is 25.2 Å². The van der Waals surface area contributed by atoms with Crippen LogP contribution < -0.4 is 0 Å². The van der Waals surface area contributed by atoms with Gasteiger partial charge in [0, 0.05) is 14.7 Å². The zero-order chi connectivity index (χ0) is 26.1. The third kappa shape index (κ3) is 6.93. The molecule has 196 valence electrons. The number of halogens is 3. The van der Waals surface area contributed by atoms with Gasteiger partial charge < -0.3 is 0 Å². The van der Waals surface area contributed by atoms with Gasteiger partial charge in [0.2, 0.25) is 0 Å². The average molecular weight is 539 g/mol. The summed E-state index contributed by atoms with van der Waals surface area (Å²) in [5, 5.41) is 0. The summed E-state index contributed by atoms with van der Waals surface area (Å²) in [6.07, 6.45) is 9.18. The molecule has 0 atom stereocenters. The Kier molecular flexibility index (Phi) is 10.0. The standard InChI is InChI=1S/C28H33F3O3S2/c1-2-3-4-5-6-7-10-15-24-20-22-27(23-21-24)35(25-16-11-8-12-17-25,26-18-13-9-14-19-26)34-36(32,33)28(29,30)31/h8-9,11-14,16-23H,2-7,10,15H2,1H3. The summed E-state index contributed by atoms with van der Waals surface area (Å²) in [5.41, 5.74) is -4.49. The molecule has 0 bridgehead atoms. The predicted octanol–water partition coefficient (Wildman–Crippen LogP) is 9.04. The van der Waals surface area contributed by atoms with Gasteiger partial charge in [0.1, 0.15) is 0 Å². The number of hydrogen-bond donors (Lipinski definition) is 0. The Morgan fingerprint density at radius 3 is 1.56 bits per heavy atom. The van der Waals surface area contributed by atoms with Crippen LogP contribution in [0.25, 0.3) is 0 Å². The second-order valence-corrected chi connectivity index (χ2v) is 13.1. The summed E-state index contributed by atoms with van der Waals surface area (Å²) in [6, 6.07) is 23.7. The third-order valence-electron chi connectivity index (χ3n) is 5.95.